The molecule has 1 aromatic heterocycles. The smallest absolute Gasteiger partial charge is 0.353 e. The molecule has 2 aromatic carbocycles. The number of halogens is 3. The topological polar surface area (TPSA) is 61.4 Å². The van der Waals surface area contributed by atoms with Crippen molar-refractivity contribution in [2.75, 3.05) is 36.4 Å². The molecular formula is C24H24F3N5O. The third-order valence-electron chi connectivity index (χ3n) is 5.48. The lowest BCUT2D eigenvalue weighted by Crippen LogP contribution is -2.49. The van der Waals surface area contributed by atoms with E-state index in [1.54, 1.807) is 4.90 Å². The van der Waals surface area contributed by atoms with Gasteiger partial charge in [0.2, 0.25) is 5.95 Å². The van der Waals surface area contributed by atoms with E-state index in [-0.39, 0.29) is 5.56 Å². The van der Waals surface area contributed by atoms with Crippen LogP contribution in [0.3, 0.4) is 0 Å². The average molecular weight is 455 g/mol. The SMILES string of the molecule is Cc1ccc(Nc2nc(C)cc(N3CCN(C(=O)c4cccc(C(F)(F)F)c4)CC3)n2)cc1. The first-order chi connectivity index (χ1) is 15.7. The van der Waals surface area contributed by atoms with Gasteiger partial charge in [-0.2, -0.15) is 18.2 Å². The van der Waals surface area contributed by atoms with Crippen LogP contribution in [0.1, 0.15) is 27.2 Å². The van der Waals surface area contributed by atoms with Gasteiger partial charge in [-0.25, -0.2) is 4.98 Å². The average Bonchev–Trinajstić information content (AvgIpc) is 2.79. The predicted octanol–water partition coefficient (Wildman–Crippen LogP) is 4.82. The van der Waals surface area contributed by atoms with Crippen LogP contribution in [-0.4, -0.2) is 47.0 Å². The van der Waals surface area contributed by atoms with Crippen molar-refractivity contribution >= 4 is 23.4 Å². The van der Waals surface area contributed by atoms with Crippen LogP contribution in [0.2, 0.25) is 0 Å². The molecule has 4 rings (SSSR count). The molecule has 0 radical (unpaired) electrons. The highest BCUT2D eigenvalue weighted by Gasteiger charge is 2.31. The fraction of sp³-hybridized carbons (Fsp3) is 0.292. The summed E-state index contributed by atoms with van der Waals surface area (Å²) >= 11 is 0. The molecule has 172 valence electrons. The Labute approximate surface area is 190 Å². The summed E-state index contributed by atoms with van der Waals surface area (Å²) in [6, 6.07) is 14.3. The summed E-state index contributed by atoms with van der Waals surface area (Å²) < 4.78 is 39.0. The molecule has 1 aliphatic heterocycles. The fourth-order valence-corrected chi connectivity index (χ4v) is 3.69. The number of anilines is 3. The fourth-order valence-electron chi connectivity index (χ4n) is 3.69. The maximum Gasteiger partial charge on any atom is 0.416 e. The van der Waals surface area contributed by atoms with E-state index < -0.39 is 17.6 Å². The van der Waals surface area contributed by atoms with Crippen molar-refractivity contribution in [3.63, 3.8) is 0 Å². The van der Waals surface area contributed by atoms with E-state index in [9.17, 15) is 18.0 Å². The third kappa shape index (κ3) is 5.42. The molecule has 0 unspecified atom stereocenters. The molecule has 6 nitrogen and oxygen atoms in total. The van der Waals surface area contributed by atoms with Gasteiger partial charge in [-0.1, -0.05) is 23.8 Å². The number of hydrogen-bond donors (Lipinski definition) is 1. The lowest BCUT2D eigenvalue weighted by Gasteiger charge is -2.35. The number of aromatic nitrogens is 2. The Morgan fingerprint density at radius 2 is 1.64 bits per heavy atom. The second kappa shape index (κ2) is 9.09. The molecule has 0 bridgehead atoms. The normalized spacial score (nSPS) is 14.3. The molecule has 2 heterocycles. The standard InChI is InChI=1S/C24H24F3N5O/c1-16-6-8-20(9-7-16)29-23-28-17(2)14-21(30-23)31-10-12-32(13-11-31)22(33)18-4-3-5-19(15-18)24(25,26)27/h3-9,14-15H,10-13H2,1-2H3,(H,28,29,30). The third-order valence-corrected chi connectivity index (χ3v) is 5.48. The van der Waals surface area contributed by atoms with Gasteiger partial charge in [0.1, 0.15) is 5.82 Å². The maximum absolute atomic E-state index is 13.0. The summed E-state index contributed by atoms with van der Waals surface area (Å²) in [4.78, 5) is 25.5. The summed E-state index contributed by atoms with van der Waals surface area (Å²) in [7, 11) is 0. The number of carbonyl (C=O) groups is 1. The Hall–Kier alpha value is -3.62. The first-order valence-corrected chi connectivity index (χ1v) is 10.6. The maximum atomic E-state index is 13.0. The molecule has 0 saturated carbocycles. The first-order valence-electron chi connectivity index (χ1n) is 10.6. The van der Waals surface area contributed by atoms with Gasteiger partial charge in [-0.3, -0.25) is 4.79 Å². The number of benzene rings is 2. The van der Waals surface area contributed by atoms with Gasteiger partial charge in [0.15, 0.2) is 0 Å². The largest absolute Gasteiger partial charge is 0.416 e. The monoisotopic (exact) mass is 455 g/mol. The van der Waals surface area contributed by atoms with Crippen LogP contribution in [0.15, 0.2) is 54.6 Å². The molecule has 33 heavy (non-hydrogen) atoms. The minimum Gasteiger partial charge on any atom is -0.353 e. The van der Waals surface area contributed by atoms with Gasteiger partial charge in [0.25, 0.3) is 5.91 Å². The molecule has 9 heteroatoms. The van der Waals surface area contributed by atoms with Crippen LogP contribution < -0.4 is 10.2 Å². The van der Waals surface area contributed by atoms with Crippen LogP contribution in [0.25, 0.3) is 0 Å². The Morgan fingerprint density at radius 1 is 0.939 bits per heavy atom. The van der Waals surface area contributed by atoms with Crippen LogP contribution >= 0.6 is 0 Å². The van der Waals surface area contributed by atoms with E-state index >= 15 is 0 Å². The van der Waals surface area contributed by atoms with E-state index in [4.69, 9.17) is 0 Å². The number of carbonyl (C=O) groups excluding carboxylic acids is 1. The molecular weight excluding hydrogens is 431 g/mol. The van der Waals surface area contributed by atoms with E-state index in [1.807, 2.05) is 49.1 Å². The van der Waals surface area contributed by atoms with E-state index in [2.05, 4.69) is 15.3 Å². The second-order valence-electron chi connectivity index (χ2n) is 8.04. The summed E-state index contributed by atoms with van der Waals surface area (Å²) in [5, 5.41) is 3.21. The zero-order valence-corrected chi connectivity index (χ0v) is 18.4. The summed E-state index contributed by atoms with van der Waals surface area (Å²) in [5.74, 6) is 0.820. The van der Waals surface area contributed by atoms with Crippen molar-refractivity contribution in [1.82, 2.24) is 14.9 Å². The summed E-state index contributed by atoms with van der Waals surface area (Å²) in [6.45, 7) is 5.72. The van der Waals surface area contributed by atoms with Gasteiger partial charge in [-0.15, -0.1) is 0 Å². The first kappa shape index (κ1) is 22.6. The number of amides is 1. The van der Waals surface area contributed by atoms with Gasteiger partial charge >= 0.3 is 6.18 Å². The molecule has 1 aliphatic rings. The Balaban J connectivity index is 1.43. The molecule has 0 aliphatic carbocycles. The minimum absolute atomic E-state index is 0.0424. The number of nitrogens with one attached hydrogen (secondary N) is 1. The molecule has 1 saturated heterocycles. The second-order valence-corrected chi connectivity index (χ2v) is 8.04. The number of hydrogen-bond acceptors (Lipinski definition) is 5. The molecule has 0 atom stereocenters. The number of nitrogens with zero attached hydrogens (tertiary/aromatic N) is 4. The lowest BCUT2D eigenvalue weighted by molar-refractivity contribution is -0.137. The predicted molar refractivity (Wildman–Crippen MR) is 121 cm³/mol. The van der Waals surface area contributed by atoms with Crippen LogP contribution in [0.5, 0.6) is 0 Å². The highest BCUT2D eigenvalue weighted by atomic mass is 19.4. The van der Waals surface area contributed by atoms with Gasteiger partial charge in [0, 0.05) is 49.2 Å². The molecule has 1 fully saturated rings. The molecule has 1 N–H and O–H groups in total. The van der Waals surface area contributed by atoms with Gasteiger partial charge in [-0.05, 0) is 44.2 Å². The number of rotatable bonds is 4. The van der Waals surface area contributed by atoms with E-state index in [0.717, 1.165) is 34.9 Å². The van der Waals surface area contributed by atoms with Crippen molar-refractivity contribution in [2.45, 2.75) is 20.0 Å². The minimum atomic E-state index is -4.48. The zero-order chi connectivity index (χ0) is 23.6. The Kier molecular flexibility index (Phi) is 6.22. The molecule has 3 aromatic rings. The van der Waals surface area contributed by atoms with E-state index in [1.165, 1.54) is 12.1 Å². The molecule has 1 amide bonds. The van der Waals surface area contributed by atoms with Crippen LogP contribution in [-0.2, 0) is 6.18 Å². The van der Waals surface area contributed by atoms with Crippen LogP contribution in [0.4, 0.5) is 30.6 Å². The highest BCUT2D eigenvalue weighted by molar-refractivity contribution is 5.94. The number of piperazine rings is 1. The molecule has 0 spiro atoms. The summed E-state index contributed by atoms with van der Waals surface area (Å²) in [6.07, 6.45) is -4.48. The summed E-state index contributed by atoms with van der Waals surface area (Å²) in [5.41, 5.74) is 2.06. The van der Waals surface area contributed by atoms with Crippen LogP contribution in [0, 0.1) is 13.8 Å². The van der Waals surface area contributed by atoms with Crippen molar-refractivity contribution in [1.29, 1.82) is 0 Å². The zero-order valence-electron chi connectivity index (χ0n) is 18.4. The quantitative estimate of drug-likeness (QED) is 0.611. The van der Waals surface area contributed by atoms with E-state index in [0.29, 0.717) is 32.1 Å². The Morgan fingerprint density at radius 3 is 2.30 bits per heavy atom. The van der Waals surface area contributed by atoms with Crippen molar-refractivity contribution in [2.24, 2.45) is 0 Å². The van der Waals surface area contributed by atoms with Gasteiger partial charge in [0.05, 0.1) is 5.56 Å². The van der Waals surface area contributed by atoms with Gasteiger partial charge < -0.3 is 15.1 Å². The van der Waals surface area contributed by atoms with Crippen molar-refractivity contribution in [3.05, 3.63) is 77.0 Å². The van der Waals surface area contributed by atoms with Crippen molar-refractivity contribution < 1.29 is 18.0 Å². The highest BCUT2D eigenvalue weighted by Crippen LogP contribution is 2.30. The Bertz CT molecular complexity index is 1140. The lowest BCUT2D eigenvalue weighted by atomic mass is 10.1. The van der Waals surface area contributed by atoms with Crippen molar-refractivity contribution in [3.8, 4) is 0 Å². The number of aryl methyl sites for hydroxylation is 2. The number of alkyl halides is 3.